The van der Waals surface area contributed by atoms with E-state index in [0.29, 0.717) is 0 Å². The molecule has 5 heteroatoms. The number of nitriles is 1. The third-order valence-corrected chi connectivity index (χ3v) is 3.65. The Morgan fingerprint density at radius 1 is 1.31 bits per heavy atom. The summed E-state index contributed by atoms with van der Waals surface area (Å²) in [7, 11) is -3.46. The second-order valence-electron chi connectivity index (χ2n) is 3.30. The van der Waals surface area contributed by atoms with E-state index in [0.717, 1.165) is 12.0 Å². The van der Waals surface area contributed by atoms with Crippen LogP contribution in [0.25, 0.3) is 0 Å². The van der Waals surface area contributed by atoms with E-state index in [1.807, 2.05) is 13.0 Å². The molecule has 0 radical (unpaired) electrons. The Balaban J connectivity index is 2.78. The number of hydrogen-bond donors (Lipinski definition) is 1. The summed E-state index contributed by atoms with van der Waals surface area (Å²) in [4.78, 5) is 0.239. The van der Waals surface area contributed by atoms with Crippen molar-refractivity contribution in [2.45, 2.75) is 24.7 Å². The maximum atomic E-state index is 11.7. The van der Waals surface area contributed by atoms with Crippen molar-refractivity contribution < 1.29 is 8.42 Å². The lowest BCUT2D eigenvalue weighted by atomic mass is 10.2. The van der Waals surface area contributed by atoms with Gasteiger partial charge in [-0.3, -0.25) is 0 Å². The highest BCUT2D eigenvalue weighted by molar-refractivity contribution is 7.89. The normalized spacial score (nSPS) is 11.0. The van der Waals surface area contributed by atoms with Gasteiger partial charge >= 0.3 is 0 Å². The van der Waals surface area contributed by atoms with Crippen LogP contribution in [0.5, 0.6) is 0 Å². The molecule has 0 aromatic heterocycles. The van der Waals surface area contributed by atoms with Crippen molar-refractivity contribution in [3.05, 3.63) is 29.8 Å². The minimum Gasteiger partial charge on any atom is -0.210 e. The number of nitrogens with one attached hydrogen (secondary N) is 1. The van der Waals surface area contributed by atoms with Crippen LogP contribution in [0, 0.1) is 11.3 Å². The van der Waals surface area contributed by atoms with Crippen LogP contribution < -0.4 is 4.72 Å². The van der Waals surface area contributed by atoms with Crippen LogP contribution in [-0.2, 0) is 16.4 Å². The molecule has 0 aliphatic carbocycles. The quantitative estimate of drug-likeness (QED) is 0.789. The fourth-order valence-electron chi connectivity index (χ4n) is 1.23. The molecule has 0 spiro atoms. The molecule has 0 heterocycles. The number of benzene rings is 1. The van der Waals surface area contributed by atoms with E-state index in [9.17, 15) is 8.42 Å². The van der Waals surface area contributed by atoms with Gasteiger partial charge in [0.15, 0.2) is 0 Å². The molecule has 0 unspecified atom stereocenters. The van der Waals surface area contributed by atoms with Gasteiger partial charge in [0.1, 0.15) is 0 Å². The van der Waals surface area contributed by atoms with Gasteiger partial charge in [0.2, 0.25) is 10.0 Å². The minimum atomic E-state index is -3.46. The van der Waals surface area contributed by atoms with Gasteiger partial charge < -0.3 is 0 Å². The molecule has 1 rings (SSSR count). The van der Waals surface area contributed by atoms with Crippen LogP contribution >= 0.6 is 0 Å². The lowest BCUT2D eigenvalue weighted by Crippen LogP contribution is -2.24. The molecule has 0 fully saturated rings. The van der Waals surface area contributed by atoms with Gasteiger partial charge in [-0.15, -0.1) is 0 Å². The number of hydrogen-bond acceptors (Lipinski definition) is 3. The van der Waals surface area contributed by atoms with Crippen LogP contribution in [0.3, 0.4) is 0 Å². The zero-order valence-electron chi connectivity index (χ0n) is 9.10. The van der Waals surface area contributed by atoms with Crippen molar-refractivity contribution in [2.24, 2.45) is 0 Å². The molecule has 0 amide bonds. The lowest BCUT2D eigenvalue weighted by Gasteiger charge is -2.05. The monoisotopic (exact) mass is 238 g/mol. The molecule has 0 bridgehead atoms. The van der Waals surface area contributed by atoms with Crippen LogP contribution in [0.15, 0.2) is 29.2 Å². The summed E-state index contributed by atoms with van der Waals surface area (Å²) in [5, 5.41) is 8.32. The topological polar surface area (TPSA) is 70.0 Å². The molecule has 1 N–H and O–H groups in total. The van der Waals surface area contributed by atoms with Crippen LogP contribution in [-0.4, -0.2) is 15.0 Å². The molecule has 0 aliphatic heterocycles. The Bertz CT molecular complexity index is 472. The predicted octanol–water partition coefficient (Wildman–Crippen LogP) is 1.44. The Morgan fingerprint density at radius 2 is 1.94 bits per heavy atom. The van der Waals surface area contributed by atoms with Crippen LogP contribution in [0.2, 0.25) is 0 Å². The third-order valence-electron chi connectivity index (χ3n) is 2.17. The van der Waals surface area contributed by atoms with Gasteiger partial charge in [0, 0.05) is 13.0 Å². The van der Waals surface area contributed by atoms with E-state index in [4.69, 9.17) is 5.26 Å². The van der Waals surface area contributed by atoms with Gasteiger partial charge in [-0.05, 0) is 24.1 Å². The second kappa shape index (κ2) is 5.64. The summed E-state index contributed by atoms with van der Waals surface area (Å²) in [5.74, 6) is 0. The van der Waals surface area contributed by atoms with E-state index < -0.39 is 10.0 Å². The van der Waals surface area contributed by atoms with Gasteiger partial charge in [0.25, 0.3) is 0 Å². The van der Waals surface area contributed by atoms with E-state index in [1.165, 1.54) is 0 Å². The maximum Gasteiger partial charge on any atom is 0.240 e. The van der Waals surface area contributed by atoms with Crippen molar-refractivity contribution >= 4 is 10.0 Å². The molecule has 1 aromatic carbocycles. The predicted molar refractivity (Wildman–Crippen MR) is 61.2 cm³/mol. The summed E-state index contributed by atoms with van der Waals surface area (Å²) in [5.41, 5.74) is 1.09. The van der Waals surface area contributed by atoms with Crippen LogP contribution in [0.4, 0.5) is 0 Å². The van der Waals surface area contributed by atoms with Gasteiger partial charge in [-0.1, -0.05) is 19.1 Å². The zero-order valence-corrected chi connectivity index (χ0v) is 9.92. The second-order valence-corrected chi connectivity index (χ2v) is 5.07. The molecule has 16 heavy (non-hydrogen) atoms. The maximum absolute atomic E-state index is 11.7. The summed E-state index contributed by atoms with van der Waals surface area (Å²) >= 11 is 0. The Kier molecular flexibility index (Phi) is 4.47. The molecule has 0 aliphatic rings. The van der Waals surface area contributed by atoms with E-state index >= 15 is 0 Å². The van der Waals surface area contributed by atoms with Gasteiger partial charge in [-0.25, -0.2) is 13.1 Å². The van der Waals surface area contributed by atoms with E-state index in [1.54, 1.807) is 24.3 Å². The minimum absolute atomic E-state index is 0.147. The molecule has 0 atom stereocenters. The first-order valence-corrected chi connectivity index (χ1v) is 6.54. The summed E-state index contributed by atoms with van der Waals surface area (Å²) in [6, 6.07) is 8.62. The highest BCUT2D eigenvalue weighted by Crippen LogP contribution is 2.10. The first-order chi connectivity index (χ1) is 7.60. The SMILES string of the molecule is CCc1ccc(S(=O)(=O)NCCC#N)cc1. The number of nitrogens with zero attached hydrogens (tertiary/aromatic N) is 1. The Morgan fingerprint density at radius 3 is 2.44 bits per heavy atom. The average molecular weight is 238 g/mol. The van der Waals surface area contributed by atoms with Crippen molar-refractivity contribution in [1.82, 2.24) is 4.72 Å². The highest BCUT2D eigenvalue weighted by atomic mass is 32.2. The zero-order chi connectivity index (χ0) is 12.0. The van der Waals surface area contributed by atoms with Crippen molar-refractivity contribution in [3.8, 4) is 6.07 Å². The average Bonchev–Trinajstić information content (AvgIpc) is 2.29. The molecule has 1 aromatic rings. The largest absolute Gasteiger partial charge is 0.240 e. The molecule has 4 nitrogen and oxygen atoms in total. The van der Waals surface area contributed by atoms with Crippen molar-refractivity contribution in [2.75, 3.05) is 6.54 Å². The standard InChI is InChI=1S/C11H14N2O2S/c1-2-10-4-6-11(7-5-10)16(14,15)13-9-3-8-12/h4-7,13H,2-3,9H2,1H3. The van der Waals surface area contributed by atoms with E-state index in [-0.39, 0.29) is 17.9 Å². The van der Waals surface area contributed by atoms with E-state index in [2.05, 4.69) is 4.72 Å². The molecule has 86 valence electrons. The third kappa shape index (κ3) is 3.33. The fraction of sp³-hybridized carbons (Fsp3) is 0.364. The fourth-order valence-corrected chi connectivity index (χ4v) is 2.26. The summed E-state index contributed by atoms with van der Waals surface area (Å²) in [6.45, 7) is 2.16. The first kappa shape index (κ1) is 12.7. The van der Waals surface area contributed by atoms with Crippen LogP contribution in [0.1, 0.15) is 18.9 Å². The first-order valence-electron chi connectivity index (χ1n) is 5.05. The number of rotatable bonds is 5. The molecule has 0 saturated carbocycles. The summed E-state index contributed by atoms with van der Waals surface area (Å²) in [6.07, 6.45) is 1.05. The van der Waals surface area contributed by atoms with Gasteiger partial charge in [-0.2, -0.15) is 5.26 Å². The summed E-state index contributed by atoms with van der Waals surface area (Å²) < 4.78 is 25.7. The number of aryl methyl sites for hydroxylation is 1. The van der Waals surface area contributed by atoms with Crippen molar-refractivity contribution in [3.63, 3.8) is 0 Å². The Labute approximate surface area is 96.0 Å². The lowest BCUT2D eigenvalue weighted by molar-refractivity contribution is 0.582. The molecular weight excluding hydrogens is 224 g/mol. The molecular formula is C11H14N2O2S. The Hall–Kier alpha value is -1.38. The smallest absolute Gasteiger partial charge is 0.210 e. The molecule has 0 saturated heterocycles. The van der Waals surface area contributed by atoms with Gasteiger partial charge in [0.05, 0.1) is 11.0 Å². The number of sulfonamides is 1. The van der Waals surface area contributed by atoms with Crippen molar-refractivity contribution in [1.29, 1.82) is 5.26 Å². The highest BCUT2D eigenvalue weighted by Gasteiger charge is 2.12.